The minimum absolute atomic E-state index is 0.0779. The van der Waals surface area contributed by atoms with E-state index in [1.54, 1.807) is 52.7 Å². The van der Waals surface area contributed by atoms with Crippen LogP contribution in [0.3, 0.4) is 0 Å². The first-order chi connectivity index (χ1) is 27.5. The molecule has 0 radical (unpaired) electrons. The third-order valence-corrected chi connectivity index (χ3v) is 12.8. The van der Waals surface area contributed by atoms with E-state index in [0.29, 0.717) is 90.6 Å². The van der Waals surface area contributed by atoms with Crippen molar-refractivity contribution in [2.24, 2.45) is 0 Å². The molecule has 3 unspecified atom stereocenters. The van der Waals surface area contributed by atoms with Crippen molar-refractivity contribution in [3.63, 3.8) is 0 Å². The zero-order valence-electron chi connectivity index (χ0n) is 37.9. The van der Waals surface area contributed by atoms with E-state index in [4.69, 9.17) is 7.81 Å². The van der Waals surface area contributed by atoms with Crippen LogP contribution in [0.2, 0.25) is 0 Å². The number of hydrogen-bond donors (Lipinski definition) is 7. The van der Waals surface area contributed by atoms with Gasteiger partial charge in [-0.25, -0.2) is 0 Å². The zero-order valence-corrected chi connectivity index (χ0v) is 39.7. The second-order valence-electron chi connectivity index (χ2n) is 16.9. The summed E-state index contributed by atoms with van der Waals surface area (Å²) in [4.78, 5) is 98.1. The van der Waals surface area contributed by atoms with Gasteiger partial charge in [-0.15, -0.1) is 0 Å². The Morgan fingerprint density at radius 2 is 0.814 bits per heavy atom. The Morgan fingerprint density at radius 1 is 0.492 bits per heavy atom. The molecule has 0 bridgehead atoms. The molecule has 0 saturated heterocycles. The summed E-state index contributed by atoms with van der Waals surface area (Å²) in [7, 11) is 17.7. The number of nitrogens with zero attached hydrogens (tertiary/aromatic N) is 5. The van der Waals surface area contributed by atoms with Gasteiger partial charge in [0, 0.05) is 13.1 Å². The van der Waals surface area contributed by atoms with Crippen molar-refractivity contribution in [1.82, 2.24) is 56.4 Å². The summed E-state index contributed by atoms with van der Waals surface area (Å²) < 4.78 is -0.351. The molecule has 0 aliphatic heterocycles. The molecular formula is C39H78N11O7PS. The maximum absolute atomic E-state index is 13.7. The summed E-state index contributed by atoms with van der Waals surface area (Å²) in [6.07, 6.45) is 4.22. The summed E-state index contributed by atoms with van der Waals surface area (Å²) in [5, 5.41) is 17.1. The number of hydrogen-bond acceptors (Lipinski definition) is 11. The van der Waals surface area contributed by atoms with Gasteiger partial charge in [0.25, 0.3) is 0 Å². The van der Waals surface area contributed by atoms with Gasteiger partial charge in [-0.2, -0.15) is 0 Å². The van der Waals surface area contributed by atoms with Crippen molar-refractivity contribution in [3.8, 4) is 0 Å². The summed E-state index contributed by atoms with van der Waals surface area (Å²) in [5.74, 6) is -1.34. The Labute approximate surface area is 358 Å². The van der Waals surface area contributed by atoms with E-state index in [1.807, 2.05) is 49.0 Å². The first kappa shape index (κ1) is 55.9. The van der Waals surface area contributed by atoms with Crippen LogP contribution in [0.1, 0.15) is 72.1 Å². The normalized spacial score (nSPS) is 13.1. The van der Waals surface area contributed by atoms with Gasteiger partial charge in [-0.05, 0) is 56.4 Å². The third kappa shape index (κ3) is 28.9. The second-order valence-corrected chi connectivity index (χ2v) is 20.5. The van der Waals surface area contributed by atoms with Crippen LogP contribution in [0.15, 0.2) is 0 Å². The molecule has 0 aromatic heterocycles. The van der Waals surface area contributed by atoms with E-state index in [9.17, 15) is 33.6 Å². The molecule has 0 heterocycles. The van der Waals surface area contributed by atoms with E-state index < -0.39 is 22.0 Å². The van der Waals surface area contributed by atoms with Gasteiger partial charge >= 0.3 is 225 Å². The van der Waals surface area contributed by atoms with Crippen molar-refractivity contribution < 1.29 is 33.6 Å². The molecule has 18 nitrogen and oxygen atoms in total. The van der Waals surface area contributed by atoms with Crippen molar-refractivity contribution in [1.29, 1.82) is 0 Å². The molecule has 0 aromatic rings. The molecule has 0 aliphatic rings. The van der Waals surface area contributed by atoms with Gasteiger partial charge in [0.05, 0.1) is 13.1 Å². The fraction of sp³-hybridized carbons (Fsp3) is 0.821. The molecule has 7 amide bonds. The minimum atomic E-state index is -1.34. The van der Waals surface area contributed by atoms with E-state index in [1.165, 1.54) is 0 Å². The molecule has 59 heavy (non-hydrogen) atoms. The summed E-state index contributed by atoms with van der Waals surface area (Å²) >= 11 is 0. The topological polar surface area (TPSA) is 208 Å². The molecule has 20 heteroatoms. The monoisotopic (exact) mass is 876 g/mol. The molecule has 0 fully saturated rings. The number of carbonyl (C=O) groups is 7. The van der Waals surface area contributed by atoms with E-state index in [-0.39, 0.29) is 71.6 Å². The average molecular weight is 876 g/mol. The van der Waals surface area contributed by atoms with Crippen LogP contribution < -0.4 is 31.9 Å². The van der Waals surface area contributed by atoms with Crippen LogP contribution >= 0.6 is 17.7 Å². The van der Waals surface area contributed by atoms with Gasteiger partial charge in [0.1, 0.15) is 0 Å². The molecule has 3 atom stereocenters. The Balaban J connectivity index is 5.41. The first-order valence-electron chi connectivity index (χ1n) is 20.6. The van der Waals surface area contributed by atoms with Crippen molar-refractivity contribution in [2.45, 2.75) is 89.0 Å². The molecule has 6 N–H and O–H groups in total. The van der Waals surface area contributed by atoms with Crippen LogP contribution in [0.25, 0.3) is 0 Å². The van der Waals surface area contributed by atoms with E-state index >= 15 is 0 Å². The number of thiol groups is 1. The number of carbonyl (C=O) groups excluding carboxylic acids is 7. The summed E-state index contributed by atoms with van der Waals surface area (Å²) in [6, 6.07) is -1.50. The molecule has 0 spiro atoms. The maximum atomic E-state index is 13.7. The predicted octanol–water partition coefficient (Wildman–Crippen LogP) is 0.335. The van der Waals surface area contributed by atoms with Crippen molar-refractivity contribution >= 4 is 58.4 Å². The van der Waals surface area contributed by atoms with E-state index in [0.717, 1.165) is 0 Å². The van der Waals surface area contributed by atoms with Crippen LogP contribution in [-0.4, -0.2) is 204 Å². The molecule has 0 aliphatic carbocycles. The Hall–Kier alpha value is -3.09. The predicted molar refractivity (Wildman–Crippen MR) is 240 cm³/mol. The number of likely N-dealkylation sites (N-methyl/N-ethyl adjacent to an activating group) is 4. The van der Waals surface area contributed by atoms with Gasteiger partial charge < -0.3 is 30.2 Å². The SMILES string of the molecule is CN(C)CC(=O)NCCCCC(NC(=O)CN(C)C)C(=O)NCCCN(CCCNC(=O)C(CCCCNC(=O)CN(C)C)NC(=O)CN(C)C)C(=O)[SH](#P)C(C)(C)C. The van der Waals surface area contributed by atoms with Gasteiger partial charge in [-0.1, -0.05) is 0 Å². The quantitative estimate of drug-likeness (QED) is 0.0298. The molecule has 342 valence electrons. The fourth-order valence-corrected chi connectivity index (χ4v) is 7.04. The number of nitrogens with one attached hydrogen (secondary N) is 6. The zero-order chi connectivity index (χ0) is 45.1. The third-order valence-electron chi connectivity index (χ3n) is 8.52. The second kappa shape index (κ2) is 30.9. The Morgan fingerprint density at radius 3 is 1.14 bits per heavy atom. The van der Waals surface area contributed by atoms with Crippen LogP contribution in [0.5, 0.6) is 0 Å². The number of rotatable bonds is 30. The van der Waals surface area contributed by atoms with Crippen LogP contribution in [0, 0.1) is 0 Å². The van der Waals surface area contributed by atoms with Crippen molar-refractivity contribution in [2.75, 3.05) is 122 Å². The standard InChI is InChI=1S/C39H78N11O7PS/c1-39(2,3)59(58)38(57)50(24-16-22-42-36(55)30(44-34(53)28-48(8)9)18-12-14-20-40-32(51)26-46(4)5)25-17-23-43-37(56)31(45-35(54)29-49(10)11)19-13-15-21-41-33(52)27-47(6)7/h30-31,59H,12-29H2,1-11H3,(H,40,51)(H,41,52)(H,42,55)(H,43,56)(H,44,53)(H,45,54). The molecule has 0 saturated carbocycles. The van der Waals surface area contributed by atoms with Gasteiger partial charge in [-0.3, -0.25) is 9.59 Å². The average Bonchev–Trinajstić information content (AvgIpc) is 3.10. The van der Waals surface area contributed by atoms with Crippen LogP contribution in [-0.2, 0) is 28.8 Å². The first-order valence-corrected chi connectivity index (χ1v) is 23.1. The fourth-order valence-electron chi connectivity index (χ4n) is 5.61. The Kier molecular flexibility index (Phi) is 29.2. The van der Waals surface area contributed by atoms with Gasteiger partial charge in [0.15, 0.2) is 0 Å². The summed E-state index contributed by atoms with van der Waals surface area (Å²) in [5.41, 5.74) is 0. The molecule has 0 aromatic carbocycles. The van der Waals surface area contributed by atoms with Gasteiger partial charge in [0.2, 0.25) is 11.8 Å². The van der Waals surface area contributed by atoms with Crippen molar-refractivity contribution in [3.05, 3.63) is 0 Å². The molecule has 0 rings (SSSR count). The number of amides is 7. The molecular weight excluding hydrogens is 798 g/mol. The van der Waals surface area contributed by atoms with Crippen LogP contribution in [0.4, 0.5) is 4.79 Å². The number of unbranched alkanes of at least 4 members (excludes halogenated alkanes) is 2. The van der Waals surface area contributed by atoms with E-state index in [2.05, 4.69) is 31.9 Å². The summed E-state index contributed by atoms with van der Waals surface area (Å²) in [6.45, 7) is 8.92. The Bertz CT molecular complexity index is 1320.